The Hall–Kier alpha value is -2.19. The van der Waals surface area contributed by atoms with Crippen LogP contribution in [0.15, 0.2) is 41.6 Å². The van der Waals surface area contributed by atoms with Gasteiger partial charge >= 0.3 is 0 Å². The molecule has 3 heterocycles. The minimum absolute atomic E-state index is 0.0962. The maximum Gasteiger partial charge on any atom is 0.242 e. The Bertz CT molecular complexity index is 936. The molecule has 0 radical (unpaired) electrons. The van der Waals surface area contributed by atoms with E-state index >= 15 is 0 Å². The van der Waals surface area contributed by atoms with Gasteiger partial charge in [-0.2, -0.15) is 0 Å². The summed E-state index contributed by atoms with van der Waals surface area (Å²) in [4.78, 5) is 18.1. The minimum Gasteiger partial charge on any atom is -0.335 e. The zero-order chi connectivity index (χ0) is 19.0. The van der Waals surface area contributed by atoms with Crippen LogP contribution in [-0.4, -0.2) is 48.3 Å². The van der Waals surface area contributed by atoms with E-state index in [9.17, 15) is 13.2 Å². The van der Waals surface area contributed by atoms with Crippen molar-refractivity contribution in [3.8, 4) is 0 Å². The third-order valence-electron chi connectivity index (χ3n) is 5.48. The van der Waals surface area contributed by atoms with E-state index in [1.807, 2.05) is 6.20 Å². The second-order valence-electron chi connectivity index (χ2n) is 7.33. The maximum absolute atomic E-state index is 12.9. The number of imidazole rings is 1. The molecule has 2 aliphatic rings. The highest BCUT2D eigenvalue weighted by atomic mass is 32.2. The summed E-state index contributed by atoms with van der Waals surface area (Å²) >= 11 is 0. The summed E-state index contributed by atoms with van der Waals surface area (Å²) in [6, 6.07) is 6.65. The van der Waals surface area contributed by atoms with Crippen LogP contribution in [0.1, 0.15) is 25.1 Å². The van der Waals surface area contributed by atoms with Gasteiger partial charge < -0.3 is 9.47 Å². The van der Waals surface area contributed by atoms with Crippen LogP contribution < -0.4 is 4.90 Å². The van der Waals surface area contributed by atoms with Gasteiger partial charge in [-0.25, -0.2) is 17.7 Å². The van der Waals surface area contributed by atoms with Gasteiger partial charge in [0.25, 0.3) is 0 Å². The van der Waals surface area contributed by atoms with Crippen molar-refractivity contribution in [2.45, 2.75) is 37.1 Å². The lowest BCUT2D eigenvalue weighted by Crippen LogP contribution is -2.35. The molecule has 0 N–H and O–H groups in total. The Kier molecular flexibility index (Phi) is 4.77. The first-order valence-corrected chi connectivity index (χ1v) is 10.8. The van der Waals surface area contributed by atoms with Crippen LogP contribution in [0.25, 0.3) is 0 Å². The number of aryl methyl sites for hydroxylation is 1. The van der Waals surface area contributed by atoms with E-state index < -0.39 is 10.0 Å². The quantitative estimate of drug-likeness (QED) is 0.784. The van der Waals surface area contributed by atoms with Crippen LogP contribution >= 0.6 is 0 Å². The molecule has 2 aliphatic heterocycles. The molecule has 1 unspecified atom stereocenters. The summed E-state index contributed by atoms with van der Waals surface area (Å²) in [6.07, 6.45) is 6.97. The molecule has 0 saturated carbocycles. The third kappa shape index (κ3) is 3.51. The zero-order valence-corrected chi connectivity index (χ0v) is 16.2. The number of hydrogen-bond acceptors (Lipinski definition) is 4. The number of nitrogens with zero attached hydrogens (tertiary/aromatic N) is 4. The number of aromatic nitrogens is 2. The molecule has 7 nitrogen and oxygen atoms in total. The fourth-order valence-corrected chi connectivity index (χ4v) is 5.19. The fourth-order valence-electron chi connectivity index (χ4n) is 3.95. The molecule has 0 aliphatic carbocycles. The molecule has 1 atom stereocenters. The van der Waals surface area contributed by atoms with Crippen molar-refractivity contribution in [2.75, 3.05) is 25.0 Å². The summed E-state index contributed by atoms with van der Waals surface area (Å²) in [6.45, 7) is 1.97. The highest BCUT2D eigenvalue weighted by Gasteiger charge is 2.27. The van der Waals surface area contributed by atoms with Crippen LogP contribution in [0.4, 0.5) is 5.69 Å². The first-order valence-electron chi connectivity index (χ1n) is 9.32. The van der Waals surface area contributed by atoms with Gasteiger partial charge in [0, 0.05) is 57.6 Å². The Morgan fingerprint density at radius 3 is 2.70 bits per heavy atom. The first-order chi connectivity index (χ1) is 12.9. The molecule has 2 aromatic rings. The van der Waals surface area contributed by atoms with Gasteiger partial charge in [-0.1, -0.05) is 0 Å². The van der Waals surface area contributed by atoms with E-state index in [0.717, 1.165) is 37.3 Å². The van der Waals surface area contributed by atoms with Crippen molar-refractivity contribution in [3.05, 3.63) is 42.5 Å². The predicted molar refractivity (Wildman–Crippen MR) is 102 cm³/mol. The van der Waals surface area contributed by atoms with E-state index in [0.29, 0.717) is 19.5 Å². The molecule has 8 heteroatoms. The molecule has 1 fully saturated rings. The monoisotopic (exact) mass is 388 g/mol. The summed E-state index contributed by atoms with van der Waals surface area (Å²) in [5.41, 5.74) is 0.763. The molecule has 27 heavy (non-hydrogen) atoms. The fraction of sp³-hybridized carbons (Fsp3) is 0.474. The van der Waals surface area contributed by atoms with Crippen molar-refractivity contribution < 1.29 is 13.2 Å². The van der Waals surface area contributed by atoms with Gasteiger partial charge in [0.05, 0.1) is 4.90 Å². The van der Waals surface area contributed by atoms with Crippen molar-refractivity contribution in [1.82, 2.24) is 13.9 Å². The number of fused-ring (bicyclic) bond motifs is 1. The number of benzene rings is 1. The highest BCUT2D eigenvalue weighted by molar-refractivity contribution is 7.89. The molecule has 1 saturated heterocycles. The number of hydrogen-bond donors (Lipinski definition) is 0. The van der Waals surface area contributed by atoms with Crippen molar-refractivity contribution in [1.29, 1.82) is 0 Å². The Balaban J connectivity index is 1.45. The zero-order valence-electron chi connectivity index (χ0n) is 15.4. The number of carbonyl (C=O) groups is 1. The van der Waals surface area contributed by atoms with Crippen molar-refractivity contribution >= 4 is 21.6 Å². The van der Waals surface area contributed by atoms with Crippen molar-refractivity contribution in [2.24, 2.45) is 5.92 Å². The van der Waals surface area contributed by atoms with Gasteiger partial charge in [0.1, 0.15) is 5.82 Å². The molecule has 1 aromatic heterocycles. The summed E-state index contributed by atoms with van der Waals surface area (Å²) in [7, 11) is -1.92. The number of amides is 1. The van der Waals surface area contributed by atoms with Gasteiger partial charge in [0.15, 0.2) is 0 Å². The van der Waals surface area contributed by atoms with Crippen LogP contribution in [0.3, 0.4) is 0 Å². The molecule has 0 spiro atoms. The molecule has 4 rings (SSSR count). The summed E-state index contributed by atoms with van der Waals surface area (Å²) in [5, 5.41) is 0. The Morgan fingerprint density at radius 1 is 1.22 bits per heavy atom. The second kappa shape index (κ2) is 7.09. The predicted octanol–water partition coefficient (Wildman–Crippen LogP) is 1.89. The summed E-state index contributed by atoms with van der Waals surface area (Å²) in [5.74, 6) is 1.44. The largest absolute Gasteiger partial charge is 0.335 e. The van der Waals surface area contributed by atoms with Gasteiger partial charge in [-0.3, -0.25) is 4.79 Å². The molecule has 1 aromatic carbocycles. The van der Waals surface area contributed by atoms with Crippen LogP contribution in [0.2, 0.25) is 0 Å². The number of anilines is 1. The maximum atomic E-state index is 12.9. The summed E-state index contributed by atoms with van der Waals surface area (Å²) < 4.78 is 29.4. The SMILES string of the molecule is CN(CC1CCc2nccn2C1)S(=O)(=O)c1ccc(N2CCCC2=O)cc1. The Morgan fingerprint density at radius 2 is 2.00 bits per heavy atom. The topological polar surface area (TPSA) is 75.5 Å². The van der Waals surface area contributed by atoms with E-state index in [-0.39, 0.29) is 16.7 Å². The normalized spacial score (nSPS) is 20.3. The van der Waals surface area contributed by atoms with Gasteiger partial charge in [0.2, 0.25) is 15.9 Å². The van der Waals surface area contributed by atoms with E-state index in [1.165, 1.54) is 4.31 Å². The molecule has 0 bridgehead atoms. The molecule has 1 amide bonds. The lowest BCUT2D eigenvalue weighted by atomic mass is 10.00. The van der Waals surface area contributed by atoms with Crippen LogP contribution in [0, 0.1) is 5.92 Å². The number of carbonyl (C=O) groups excluding carboxylic acids is 1. The molecular formula is C19H24N4O3S. The number of rotatable bonds is 5. The molecular weight excluding hydrogens is 364 g/mol. The molecule has 144 valence electrons. The van der Waals surface area contributed by atoms with Gasteiger partial charge in [-0.05, 0) is 43.0 Å². The average molecular weight is 388 g/mol. The lowest BCUT2D eigenvalue weighted by Gasteiger charge is -2.28. The lowest BCUT2D eigenvalue weighted by molar-refractivity contribution is -0.117. The van der Waals surface area contributed by atoms with Crippen LogP contribution in [0.5, 0.6) is 0 Å². The first kappa shape index (κ1) is 18.2. The van der Waals surface area contributed by atoms with Gasteiger partial charge in [-0.15, -0.1) is 0 Å². The smallest absolute Gasteiger partial charge is 0.242 e. The van der Waals surface area contributed by atoms with E-state index in [2.05, 4.69) is 9.55 Å². The highest BCUT2D eigenvalue weighted by Crippen LogP contribution is 2.25. The number of sulfonamides is 1. The van der Waals surface area contributed by atoms with E-state index in [1.54, 1.807) is 42.4 Å². The Labute approximate surface area is 159 Å². The average Bonchev–Trinajstić information content (AvgIpc) is 3.30. The van der Waals surface area contributed by atoms with Crippen molar-refractivity contribution in [3.63, 3.8) is 0 Å². The second-order valence-corrected chi connectivity index (χ2v) is 9.37. The van der Waals surface area contributed by atoms with E-state index in [4.69, 9.17) is 0 Å². The standard InChI is InChI=1S/C19H24N4O3S/c1-21(13-15-4-9-18-20-10-12-22(18)14-15)27(25,26)17-7-5-16(6-8-17)23-11-2-3-19(23)24/h5-8,10,12,15H,2-4,9,11,13-14H2,1H3. The minimum atomic E-state index is -3.55. The third-order valence-corrected chi connectivity index (χ3v) is 7.32. The van der Waals surface area contributed by atoms with Crippen LogP contribution in [-0.2, 0) is 27.8 Å².